The first-order chi connectivity index (χ1) is 15.4. The van der Waals surface area contributed by atoms with Crippen LogP contribution in [0.5, 0.6) is 0 Å². The van der Waals surface area contributed by atoms with Gasteiger partial charge in [0.2, 0.25) is 0 Å². The molecule has 0 aliphatic carbocycles. The predicted octanol–water partition coefficient (Wildman–Crippen LogP) is 3.86. The molecule has 0 spiro atoms. The summed E-state index contributed by atoms with van der Waals surface area (Å²) in [5.74, 6) is -0.697. The van der Waals surface area contributed by atoms with Crippen LogP contribution in [-0.2, 0) is 6.54 Å². The standard InChI is InChI=1S/C22H23F2N7O/c1-3-22(2,25)13-27-20-16(24)11-26-21(28-20)18-10-19(17-8-9-32-30-17)31(29-18)12-14-6-4-5-7-15(14)23/h4-11H,3,12-13,25H2,1-2H3,(H,26,27,28). The van der Waals surface area contributed by atoms with E-state index >= 15 is 0 Å². The van der Waals surface area contributed by atoms with E-state index in [1.807, 2.05) is 13.8 Å². The van der Waals surface area contributed by atoms with Gasteiger partial charge in [-0.2, -0.15) is 5.10 Å². The van der Waals surface area contributed by atoms with Gasteiger partial charge in [-0.05, 0) is 25.5 Å². The molecule has 0 bridgehead atoms. The van der Waals surface area contributed by atoms with Crippen LogP contribution < -0.4 is 11.1 Å². The number of nitrogens with one attached hydrogen (secondary N) is 1. The van der Waals surface area contributed by atoms with Gasteiger partial charge in [0, 0.05) is 23.7 Å². The molecule has 1 unspecified atom stereocenters. The molecule has 0 amide bonds. The van der Waals surface area contributed by atoms with Crippen molar-refractivity contribution in [1.29, 1.82) is 0 Å². The number of rotatable bonds is 8. The summed E-state index contributed by atoms with van der Waals surface area (Å²) in [6.45, 7) is 4.32. The van der Waals surface area contributed by atoms with E-state index in [4.69, 9.17) is 10.3 Å². The molecular formula is C22H23F2N7O. The molecule has 8 nitrogen and oxygen atoms in total. The number of hydrogen-bond acceptors (Lipinski definition) is 7. The Balaban J connectivity index is 1.70. The van der Waals surface area contributed by atoms with Gasteiger partial charge in [0.05, 0.1) is 18.4 Å². The van der Waals surface area contributed by atoms with Crippen LogP contribution in [0.3, 0.4) is 0 Å². The van der Waals surface area contributed by atoms with Gasteiger partial charge in [-0.25, -0.2) is 18.7 Å². The molecule has 0 aliphatic rings. The highest BCUT2D eigenvalue weighted by Crippen LogP contribution is 2.26. The average Bonchev–Trinajstić information content (AvgIpc) is 3.45. The number of nitrogens with zero attached hydrogens (tertiary/aromatic N) is 5. The topological polar surface area (TPSA) is 108 Å². The Morgan fingerprint density at radius 3 is 2.69 bits per heavy atom. The fourth-order valence-corrected chi connectivity index (χ4v) is 3.01. The Morgan fingerprint density at radius 1 is 1.16 bits per heavy atom. The molecule has 0 saturated carbocycles. The van der Waals surface area contributed by atoms with Crippen LogP contribution in [0.1, 0.15) is 25.8 Å². The minimum Gasteiger partial charge on any atom is -0.366 e. The van der Waals surface area contributed by atoms with Crippen LogP contribution in [0.4, 0.5) is 14.6 Å². The largest absolute Gasteiger partial charge is 0.366 e. The maximum Gasteiger partial charge on any atom is 0.183 e. The van der Waals surface area contributed by atoms with E-state index in [1.54, 1.807) is 35.0 Å². The number of nitrogens with two attached hydrogens (primary N) is 1. The van der Waals surface area contributed by atoms with Gasteiger partial charge in [0.1, 0.15) is 23.5 Å². The molecule has 4 aromatic rings. The monoisotopic (exact) mass is 439 g/mol. The van der Waals surface area contributed by atoms with Crippen molar-refractivity contribution in [3.8, 4) is 22.9 Å². The zero-order chi connectivity index (χ0) is 22.7. The molecule has 1 aromatic carbocycles. The fourth-order valence-electron chi connectivity index (χ4n) is 3.01. The normalized spacial score (nSPS) is 13.2. The third kappa shape index (κ3) is 4.65. The van der Waals surface area contributed by atoms with Gasteiger partial charge >= 0.3 is 0 Å². The highest BCUT2D eigenvalue weighted by molar-refractivity contribution is 5.63. The molecule has 3 N–H and O–H groups in total. The Kier molecular flexibility index (Phi) is 5.95. The lowest BCUT2D eigenvalue weighted by molar-refractivity contribution is 0.421. The summed E-state index contributed by atoms with van der Waals surface area (Å²) < 4.78 is 35.0. The van der Waals surface area contributed by atoms with E-state index in [0.717, 1.165) is 6.20 Å². The molecule has 3 aromatic heterocycles. The molecule has 0 radical (unpaired) electrons. The van der Waals surface area contributed by atoms with E-state index < -0.39 is 11.4 Å². The van der Waals surface area contributed by atoms with Crippen molar-refractivity contribution in [2.24, 2.45) is 5.73 Å². The van der Waals surface area contributed by atoms with Crippen molar-refractivity contribution < 1.29 is 13.3 Å². The first-order valence-electron chi connectivity index (χ1n) is 10.1. The second-order valence-electron chi connectivity index (χ2n) is 7.80. The molecule has 10 heteroatoms. The second kappa shape index (κ2) is 8.83. The third-order valence-electron chi connectivity index (χ3n) is 5.20. The average molecular weight is 439 g/mol. The van der Waals surface area contributed by atoms with E-state index in [9.17, 15) is 8.78 Å². The zero-order valence-corrected chi connectivity index (χ0v) is 17.7. The van der Waals surface area contributed by atoms with Crippen molar-refractivity contribution >= 4 is 5.82 Å². The lowest BCUT2D eigenvalue weighted by atomic mass is 10.0. The van der Waals surface area contributed by atoms with Crippen LogP contribution in [0, 0.1) is 11.6 Å². The first-order valence-corrected chi connectivity index (χ1v) is 10.1. The Hall–Kier alpha value is -3.66. The van der Waals surface area contributed by atoms with Crippen LogP contribution in [0.2, 0.25) is 0 Å². The van der Waals surface area contributed by atoms with Crippen molar-refractivity contribution in [3.05, 3.63) is 66.1 Å². The maximum absolute atomic E-state index is 14.3. The maximum atomic E-state index is 14.3. The van der Waals surface area contributed by atoms with Gasteiger partial charge in [-0.1, -0.05) is 30.3 Å². The molecule has 166 valence electrons. The highest BCUT2D eigenvalue weighted by Gasteiger charge is 2.20. The Morgan fingerprint density at radius 2 is 1.97 bits per heavy atom. The number of aromatic nitrogens is 5. The van der Waals surface area contributed by atoms with E-state index in [1.165, 1.54) is 12.3 Å². The summed E-state index contributed by atoms with van der Waals surface area (Å²) in [6, 6.07) is 9.81. The van der Waals surface area contributed by atoms with Gasteiger partial charge in [-0.3, -0.25) is 4.68 Å². The van der Waals surface area contributed by atoms with Crippen LogP contribution >= 0.6 is 0 Å². The second-order valence-corrected chi connectivity index (χ2v) is 7.80. The molecule has 32 heavy (non-hydrogen) atoms. The summed E-state index contributed by atoms with van der Waals surface area (Å²) in [4.78, 5) is 8.38. The lowest BCUT2D eigenvalue weighted by Gasteiger charge is -2.23. The minimum atomic E-state index is -0.594. The van der Waals surface area contributed by atoms with Crippen LogP contribution in [0.15, 0.2) is 53.4 Å². The lowest BCUT2D eigenvalue weighted by Crippen LogP contribution is -2.42. The molecular weight excluding hydrogens is 416 g/mol. The number of halogens is 2. The Labute approximate surface area is 183 Å². The minimum absolute atomic E-state index is 0.0340. The smallest absolute Gasteiger partial charge is 0.183 e. The SMILES string of the molecule is CCC(C)(N)CNc1nc(-c2cc(-c3ccon3)n(Cc3ccccc3F)n2)ncc1F. The number of anilines is 1. The number of hydrogen-bond donors (Lipinski definition) is 2. The molecule has 0 saturated heterocycles. The molecule has 3 heterocycles. The van der Waals surface area contributed by atoms with Crippen LogP contribution in [-0.4, -0.2) is 37.0 Å². The van der Waals surface area contributed by atoms with Gasteiger partial charge in [0.25, 0.3) is 0 Å². The highest BCUT2D eigenvalue weighted by atomic mass is 19.1. The van der Waals surface area contributed by atoms with Gasteiger partial charge < -0.3 is 15.6 Å². The van der Waals surface area contributed by atoms with E-state index in [2.05, 4.69) is 25.5 Å². The first kappa shape index (κ1) is 21.6. The molecule has 1 atom stereocenters. The summed E-state index contributed by atoms with van der Waals surface area (Å²) in [5.41, 5.74) is 7.56. The molecule has 0 aliphatic heterocycles. The van der Waals surface area contributed by atoms with Gasteiger partial charge in [-0.15, -0.1) is 0 Å². The van der Waals surface area contributed by atoms with Crippen LogP contribution in [0.25, 0.3) is 22.9 Å². The summed E-state index contributed by atoms with van der Waals surface area (Å²) in [7, 11) is 0. The van der Waals surface area contributed by atoms with Crippen molar-refractivity contribution in [3.63, 3.8) is 0 Å². The van der Waals surface area contributed by atoms with E-state index in [0.29, 0.717) is 35.6 Å². The molecule has 4 rings (SSSR count). The molecule has 0 fully saturated rings. The summed E-state index contributed by atoms with van der Waals surface area (Å²) in [6.07, 6.45) is 3.22. The predicted molar refractivity (Wildman–Crippen MR) is 116 cm³/mol. The van der Waals surface area contributed by atoms with E-state index in [-0.39, 0.29) is 24.0 Å². The summed E-state index contributed by atoms with van der Waals surface area (Å²) >= 11 is 0. The van der Waals surface area contributed by atoms with Crippen molar-refractivity contribution in [2.45, 2.75) is 32.4 Å². The third-order valence-corrected chi connectivity index (χ3v) is 5.20. The van der Waals surface area contributed by atoms with Gasteiger partial charge in [0.15, 0.2) is 17.5 Å². The van der Waals surface area contributed by atoms with Crippen molar-refractivity contribution in [2.75, 3.05) is 11.9 Å². The zero-order valence-electron chi connectivity index (χ0n) is 17.7. The quantitative estimate of drug-likeness (QED) is 0.429. The summed E-state index contributed by atoms with van der Waals surface area (Å²) in [5, 5.41) is 11.4. The Bertz CT molecular complexity index is 1200. The fraction of sp³-hybridized carbons (Fsp3) is 0.273. The van der Waals surface area contributed by atoms with Crippen molar-refractivity contribution in [1.82, 2.24) is 24.9 Å². The number of benzene rings is 1.